The summed E-state index contributed by atoms with van der Waals surface area (Å²) in [5.41, 5.74) is 2.03. The molecule has 1 unspecified atom stereocenters. The number of nitro groups is 1. The van der Waals surface area contributed by atoms with Gasteiger partial charge in [0.25, 0.3) is 11.6 Å². The number of para-hydroxylation sites is 1. The van der Waals surface area contributed by atoms with E-state index in [0.29, 0.717) is 42.1 Å². The fourth-order valence-corrected chi connectivity index (χ4v) is 4.94. The van der Waals surface area contributed by atoms with Crippen molar-refractivity contribution in [2.24, 2.45) is 0 Å². The Balaban J connectivity index is 1.40. The average Bonchev–Trinajstić information content (AvgIpc) is 3.40. The van der Waals surface area contributed by atoms with Crippen LogP contribution in [0.15, 0.2) is 72.8 Å². The summed E-state index contributed by atoms with van der Waals surface area (Å²) in [6, 6.07) is 19.4. The van der Waals surface area contributed by atoms with Gasteiger partial charge in [-0.2, -0.15) is 5.10 Å². The fourth-order valence-electron chi connectivity index (χ4n) is 4.94. The number of anilines is 1. The van der Waals surface area contributed by atoms with Crippen molar-refractivity contribution in [3.05, 3.63) is 94.2 Å². The first-order chi connectivity index (χ1) is 20.4. The number of nitrogens with zero attached hydrogens (tertiary/aromatic N) is 4. The minimum absolute atomic E-state index is 0.0892. The van der Waals surface area contributed by atoms with Crippen LogP contribution in [0.3, 0.4) is 0 Å². The molecule has 5 rings (SSSR count). The molecule has 12 heteroatoms. The van der Waals surface area contributed by atoms with Crippen molar-refractivity contribution in [3.63, 3.8) is 0 Å². The largest absolute Gasteiger partial charge is 0.494 e. The van der Waals surface area contributed by atoms with Crippen LogP contribution >= 0.6 is 0 Å². The van der Waals surface area contributed by atoms with Crippen molar-refractivity contribution < 1.29 is 24.0 Å². The highest BCUT2D eigenvalue weighted by atomic mass is 16.6. The fraction of sp³-hybridized carbons (Fsp3) is 0.300. The first-order valence-corrected chi connectivity index (χ1v) is 13.7. The van der Waals surface area contributed by atoms with Gasteiger partial charge in [-0.1, -0.05) is 42.5 Å². The number of morpholine rings is 1. The molecule has 0 radical (unpaired) electrons. The molecule has 2 heterocycles. The van der Waals surface area contributed by atoms with Crippen LogP contribution in [0.4, 0.5) is 11.4 Å². The van der Waals surface area contributed by atoms with Gasteiger partial charge in [-0.25, -0.2) is 0 Å². The van der Waals surface area contributed by atoms with Crippen LogP contribution in [0, 0.1) is 10.1 Å². The molecule has 1 saturated heterocycles. The Morgan fingerprint density at radius 1 is 1.02 bits per heavy atom. The second-order valence-electron chi connectivity index (χ2n) is 9.89. The predicted octanol–water partition coefficient (Wildman–Crippen LogP) is 3.27. The molecule has 1 fully saturated rings. The van der Waals surface area contributed by atoms with Crippen LogP contribution in [0.2, 0.25) is 0 Å². The van der Waals surface area contributed by atoms with Crippen molar-refractivity contribution >= 4 is 34.1 Å². The number of fused-ring (bicyclic) bond motifs is 1. The maximum Gasteiger partial charge on any atom is 0.273 e. The number of nitrogens with one attached hydrogen (secondary N) is 2. The summed E-state index contributed by atoms with van der Waals surface area (Å²) < 4.78 is 12.8. The lowest BCUT2D eigenvalue weighted by Gasteiger charge is -2.26. The second kappa shape index (κ2) is 13.2. The highest BCUT2D eigenvalue weighted by Gasteiger charge is 2.26. The van der Waals surface area contributed by atoms with Gasteiger partial charge in [-0.05, 0) is 23.8 Å². The van der Waals surface area contributed by atoms with Crippen molar-refractivity contribution in [1.29, 1.82) is 0 Å². The molecule has 1 atom stereocenters. The van der Waals surface area contributed by atoms with E-state index in [-0.39, 0.29) is 17.8 Å². The lowest BCUT2D eigenvalue weighted by Crippen LogP contribution is -2.45. The smallest absolute Gasteiger partial charge is 0.273 e. The van der Waals surface area contributed by atoms with Crippen LogP contribution in [0.5, 0.6) is 5.75 Å². The predicted molar refractivity (Wildman–Crippen MR) is 157 cm³/mol. The van der Waals surface area contributed by atoms with Crippen molar-refractivity contribution in [2.45, 2.75) is 19.0 Å². The number of aromatic nitrogens is 2. The standard InChI is InChI=1S/C30H32N6O6/c1-41-26-9-5-8-24-27(33-35(28(24)26)15-14-34-16-18-42-19-17-34)30(38)32-25(20-21-6-3-2-4-7-21)29(37)31-22-10-12-23(13-11-22)36(39)40/h2-13,25H,14-20H2,1H3,(H,31,37)(H,32,38). The van der Waals surface area contributed by atoms with E-state index in [4.69, 9.17) is 9.47 Å². The van der Waals surface area contributed by atoms with Crippen LogP contribution < -0.4 is 15.4 Å². The Labute approximate surface area is 242 Å². The molecule has 1 aromatic heterocycles. The van der Waals surface area contributed by atoms with E-state index in [0.717, 1.165) is 25.2 Å². The number of nitro benzene ring substituents is 1. The Morgan fingerprint density at radius 3 is 2.45 bits per heavy atom. The number of rotatable bonds is 11. The van der Waals surface area contributed by atoms with Crippen LogP contribution in [0.25, 0.3) is 10.9 Å². The minimum atomic E-state index is -0.950. The van der Waals surface area contributed by atoms with Crippen LogP contribution in [0.1, 0.15) is 16.1 Å². The SMILES string of the molecule is COc1cccc2c(C(=O)NC(Cc3ccccc3)C(=O)Nc3ccc([N+](=O)[O-])cc3)nn(CCN3CCOCC3)c12. The summed E-state index contributed by atoms with van der Waals surface area (Å²) in [5.74, 6) is -0.370. The van der Waals surface area contributed by atoms with E-state index in [1.807, 2.05) is 42.5 Å². The maximum absolute atomic E-state index is 13.7. The summed E-state index contributed by atoms with van der Waals surface area (Å²) in [7, 11) is 1.58. The number of hydrogen-bond acceptors (Lipinski definition) is 8. The summed E-state index contributed by atoms with van der Waals surface area (Å²) in [5, 5.41) is 21.9. The lowest BCUT2D eigenvalue weighted by molar-refractivity contribution is -0.384. The molecule has 3 aromatic carbocycles. The van der Waals surface area contributed by atoms with Gasteiger partial charge in [0.1, 0.15) is 17.3 Å². The minimum Gasteiger partial charge on any atom is -0.494 e. The molecule has 1 aliphatic rings. The Kier molecular flexibility index (Phi) is 9.05. The van der Waals surface area contributed by atoms with Gasteiger partial charge in [0.2, 0.25) is 5.91 Å². The van der Waals surface area contributed by atoms with E-state index >= 15 is 0 Å². The zero-order valence-corrected chi connectivity index (χ0v) is 23.2. The number of amides is 2. The second-order valence-corrected chi connectivity index (χ2v) is 9.89. The number of methoxy groups -OCH3 is 1. The number of ether oxygens (including phenoxy) is 2. The third-order valence-electron chi connectivity index (χ3n) is 7.15. The highest BCUT2D eigenvalue weighted by Crippen LogP contribution is 2.28. The van der Waals surface area contributed by atoms with Gasteiger partial charge < -0.3 is 20.1 Å². The molecule has 4 aromatic rings. The molecule has 2 amide bonds. The molecule has 42 heavy (non-hydrogen) atoms. The topological polar surface area (TPSA) is 141 Å². The Hall–Kier alpha value is -4.81. The zero-order valence-electron chi connectivity index (χ0n) is 23.2. The van der Waals surface area contributed by atoms with Crippen molar-refractivity contribution in [3.8, 4) is 5.75 Å². The molecule has 0 bridgehead atoms. The van der Waals surface area contributed by atoms with E-state index in [1.165, 1.54) is 24.3 Å². The first kappa shape index (κ1) is 28.7. The average molecular weight is 573 g/mol. The third-order valence-corrected chi connectivity index (χ3v) is 7.15. The molecule has 0 aliphatic carbocycles. The van der Waals surface area contributed by atoms with Crippen molar-refractivity contribution in [2.75, 3.05) is 45.3 Å². The number of benzene rings is 3. The molecule has 2 N–H and O–H groups in total. The number of carbonyl (C=O) groups is 2. The lowest BCUT2D eigenvalue weighted by atomic mass is 10.0. The van der Waals surface area contributed by atoms with Crippen LogP contribution in [-0.4, -0.2) is 77.4 Å². The summed E-state index contributed by atoms with van der Waals surface area (Å²) in [6.07, 6.45) is 0.227. The normalized spacial score (nSPS) is 14.3. The van der Waals surface area contributed by atoms with E-state index < -0.39 is 22.8 Å². The van der Waals surface area contributed by atoms with Gasteiger partial charge in [0.05, 0.1) is 31.8 Å². The van der Waals surface area contributed by atoms with Gasteiger partial charge in [-0.15, -0.1) is 0 Å². The van der Waals surface area contributed by atoms with E-state index in [1.54, 1.807) is 17.9 Å². The molecular formula is C30H32N6O6. The molecular weight excluding hydrogens is 540 g/mol. The van der Waals surface area contributed by atoms with Crippen molar-refractivity contribution in [1.82, 2.24) is 20.0 Å². The number of hydrogen-bond donors (Lipinski definition) is 2. The monoisotopic (exact) mass is 572 g/mol. The third kappa shape index (κ3) is 6.73. The quantitative estimate of drug-likeness (QED) is 0.206. The number of carbonyl (C=O) groups excluding carboxylic acids is 2. The molecule has 218 valence electrons. The molecule has 0 saturated carbocycles. The molecule has 12 nitrogen and oxygen atoms in total. The molecule has 0 spiro atoms. The van der Waals surface area contributed by atoms with Gasteiger partial charge >= 0.3 is 0 Å². The van der Waals surface area contributed by atoms with Gasteiger partial charge in [0.15, 0.2) is 5.69 Å². The van der Waals surface area contributed by atoms with E-state index in [9.17, 15) is 19.7 Å². The first-order valence-electron chi connectivity index (χ1n) is 13.7. The highest BCUT2D eigenvalue weighted by molar-refractivity contribution is 6.08. The summed E-state index contributed by atoms with van der Waals surface area (Å²) >= 11 is 0. The van der Waals surface area contributed by atoms with Gasteiger partial charge in [-0.3, -0.25) is 29.3 Å². The summed E-state index contributed by atoms with van der Waals surface area (Å²) in [6.45, 7) is 4.29. The van der Waals surface area contributed by atoms with Crippen LogP contribution in [-0.2, 0) is 22.5 Å². The zero-order chi connectivity index (χ0) is 29.5. The van der Waals surface area contributed by atoms with Gasteiger partial charge in [0, 0.05) is 49.3 Å². The van der Waals surface area contributed by atoms with E-state index in [2.05, 4.69) is 20.6 Å². The number of non-ortho nitro benzene ring substituents is 1. The molecule has 1 aliphatic heterocycles. The summed E-state index contributed by atoms with van der Waals surface area (Å²) in [4.78, 5) is 40.0. The maximum atomic E-state index is 13.7. The Bertz CT molecular complexity index is 1550. The Morgan fingerprint density at radius 2 is 1.76 bits per heavy atom.